The molecule has 0 spiro atoms. The maximum atomic E-state index is 12.3. The molecule has 4 rings (SSSR count). The number of pyridine rings is 1. The predicted molar refractivity (Wildman–Crippen MR) is 116 cm³/mol. The van der Waals surface area contributed by atoms with Gasteiger partial charge in [-0.2, -0.15) is 5.26 Å². The number of hydrogen-bond acceptors (Lipinski definition) is 6. The van der Waals surface area contributed by atoms with Crippen LogP contribution in [0.5, 0.6) is 11.5 Å². The zero-order valence-corrected chi connectivity index (χ0v) is 17.3. The fourth-order valence-corrected chi connectivity index (χ4v) is 3.89. The molecule has 30 heavy (non-hydrogen) atoms. The zero-order valence-electron chi connectivity index (χ0n) is 15.7. The standard InChI is InChI=1S/C22H16ClN3O3S/c23-16-4-1-14(2-5-16)18-7-3-15(12-24)22(26-18)30-10-9-21(27)25-17-6-8-19-20(11-17)29-13-28-19/h1-8,11H,9-10,13H2,(H,25,27). The van der Waals surface area contributed by atoms with Crippen molar-refractivity contribution in [3.8, 4) is 28.8 Å². The van der Waals surface area contributed by atoms with Crippen molar-refractivity contribution in [2.75, 3.05) is 17.9 Å². The van der Waals surface area contributed by atoms with Crippen LogP contribution in [0, 0.1) is 11.3 Å². The summed E-state index contributed by atoms with van der Waals surface area (Å²) >= 11 is 7.32. The van der Waals surface area contributed by atoms with E-state index in [1.165, 1.54) is 11.8 Å². The molecule has 0 saturated carbocycles. The Morgan fingerprint density at radius 3 is 2.73 bits per heavy atom. The molecule has 1 N–H and O–H groups in total. The highest BCUT2D eigenvalue weighted by Crippen LogP contribution is 2.34. The zero-order chi connectivity index (χ0) is 20.9. The lowest BCUT2D eigenvalue weighted by Crippen LogP contribution is -2.12. The van der Waals surface area contributed by atoms with Gasteiger partial charge in [0, 0.05) is 34.5 Å². The first-order chi connectivity index (χ1) is 14.6. The van der Waals surface area contributed by atoms with Gasteiger partial charge in [-0.3, -0.25) is 4.79 Å². The SMILES string of the molecule is N#Cc1ccc(-c2ccc(Cl)cc2)nc1SCCC(=O)Nc1ccc2c(c1)OCO2. The number of halogens is 1. The minimum Gasteiger partial charge on any atom is -0.454 e. The molecule has 150 valence electrons. The molecule has 0 saturated heterocycles. The second kappa shape index (κ2) is 9.08. The van der Waals surface area contributed by atoms with Crippen molar-refractivity contribution in [2.24, 2.45) is 0 Å². The molecule has 1 aliphatic rings. The summed E-state index contributed by atoms with van der Waals surface area (Å²) < 4.78 is 10.6. The molecule has 0 bridgehead atoms. The van der Waals surface area contributed by atoms with Gasteiger partial charge in [0.1, 0.15) is 11.1 Å². The van der Waals surface area contributed by atoms with Crippen LogP contribution in [0.4, 0.5) is 5.69 Å². The van der Waals surface area contributed by atoms with E-state index in [0.29, 0.717) is 38.6 Å². The third-order valence-corrected chi connectivity index (χ3v) is 5.59. The van der Waals surface area contributed by atoms with Gasteiger partial charge in [-0.25, -0.2) is 4.98 Å². The van der Waals surface area contributed by atoms with Crippen LogP contribution < -0.4 is 14.8 Å². The second-order valence-corrected chi connectivity index (χ2v) is 7.90. The van der Waals surface area contributed by atoms with Crippen LogP contribution >= 0.6 is 23.4 Å². The van der Waals surface area contributed by atoms with Crippen molar-refractivity contribution in [3.05, 3.63) is 65.2 Å². The number of thioether (sulfide) groups is 1. The van der Waals surface area contributed by atoms with Crippen LogP contribution in [0.2, 0.25) is 5.02 Å². The first-order valence-electron chi connectivity index (χ1n) is 9.12. The van der Waals surface area contributed by atoms with Crippen molar-refractivity contribution in [3.63, 3.8) is 0 Å². The van der Waals surface area contributed by atoms with Crippen molar-refractivity contribution in [2.45, 2.75) is 11.4 Å². The number of benzene rings is 2. The number of amides is 1. The first-order valence-corrected chi connectivity index (χ1v) is 10.5. The van der Waals surface area contributed by atoms with E-state index in [0.717, 1.165) is 11.3 Å². The summed E-state index contributed by atoms with van der Waals surface area (Å²) in [6.45, 7) is 0.187. The number of ether oxygens (including phenoxy) is 2. The van der Waals surface area contributed by atoms with Gasteiger partial charge < -0.3 is 14.8 Å². The Morgan fingerprint density at radius 2 is 1.93 bits per heavy atom. The predicted octanol–water partition coefficient (Wildman–Crippen LogP) is 5.12. The van der Waals surface area contributed by atoms with E-state index in [4.69, 9.17) is 21.1 Å². The van der Waals surface area contributed by atoms with Gasteiger partial charge in [-0.1, -0.05) is 23.7 Å². The minimum atomic E-state index is -0.131. The molecular formula is C22H16ClN3O3S. The fraction of sp³-hybridized carbons (Fsp3) is 0.136. The van der Waals surface area contributed by atoms with Gasteiger partial charge in [0.2, 0.25) is 12.7 Å². The number of anilines is 1. The fourth-order valence-electron chi connectivity index (χ4n) is 2.86. The van der Waals surface area contributed by atoms with Gasteiger partial charge in [-0.05, 0) is 36.4 Å². The normalized spacial score (nSPS) is 11.7. The molecule has 0 fully saturated rings. The van der Waals surface area contributed by atoms with E-state index in [1.807, 2.05) is 12.1 Å². The maximum absolute atomic E-state index is 12.3. The quantitative estimate of drug-likeness (QED) is 0.538. The molecule has 6 nitrogen and oxygen atoms in total. The van der Waals surface area contributed by atoms with E-state index in [2.05, 4.69) is 16.4 Å². The van der Waals surface area contributed by atoms with Gasteiger partial charge in [0.15, 0.2) is 11.5 Å². The molecule has 0 radical (unpaired) electrons. The van der Waals surface area contributed by atoms with Crippen LogP contribution in [-0.4, -0.2) is 23.4 Å². The van der Waals surface area contributed by atoms with Crippen LogP contribution in [0.1, 0.15) is 12.0 Å². The van der Waals surface area contributed by atoms with Crippen LogP contribution in [0.25, 0.3) is 11.3 Å². The number of rotatable bonds is 6. The lowest BCUT2D eigenvalue weighted by molar-refractivity contribution is -0.115. The summed E-state index contributed by atoms with van der Waals surface area (Å²) in [5.41, 5.74) is 2.79. The Morgan fingerprint density at radius 1 is 1.13 bits per heavy atom. The van der Waals surface area contributed by atoms with E-state index < -0.39 is 0 Å². The molecule has 1 aliphatic heterocycles. The third-order valence-electron chi connectivity index (χ3n) is 4.34. The van der Waals surface area contributed by atoms with Gasteiger partial charge in [0.25, 0.3) is 0 Å². The summed E-state index contributed by atoms with van der Waals surface area (Å²) in [6, 6.07) is 18.3. The van der Waals surface area contributed by atoms with E-state index in [9.17, 15) is 10.1 Å². The van der Waals surface area contributed by atoms with Gasteiger partial charge >= 0.3 is 0 Å². The topological polar surface area (TPSA) is 84.2 Å². The van der Waals surface area contributed by atoms with Crippen molar-refractivity contribution < 1.29 is 14.3 Å². The highest BCUT2D eigenvalue weighted by molar-refractivity contribution is 7.99. The van der Waals surface area contributed by atoms with Gasteiger partial charge in [0.05, 0.1) is 11.3 Å². The third kappa shape index (κ3) is 4.67. The van der Waals surface area contributed by atoms with Crippen molar-refractivity contribution >= 4 is 35.0 Å². The Balaban J connectivity index is 1.38. The average molecular weight is 438 g/mol. The molecule has 1 amide bonds. The Bertz CT molecular complexity index is 1130. The summed E-state index contributed by atoms with van der Waals surface area (Å²) in [4.78, 5) is 16.9. The Labute approximate surface area is 182 Å². The number of nitriles is 1. The monoisotopic (exact) mass is 437 g/mol. The molecule has 3 aromatic rings. The Hall–Kier alpha value is -3.21. The molecule has 8 heteroatoms. The first kappa shape index (κ1) is 20.1. The van der Waals surface area contributed by atoms with Crippen molar-refractivity contribution in [1.82, 2.24) is 4.98 Å². The Kier molecular flexibility index (Phi) is 6.07. The highest BCUT2D eigenvalue weighted by atomic mass is 35.5. The van der Waals surface area contributed by atoms with Crippen LogP contribution in [-0.2, 0) is 4.79 Å². The molecule has 0 aliphatic carbocycles. The summed E-state index contributed by atoms with van der Waals surface area (Å²) in [6.07, 6.45) is 0.275. The molecule has 0 unspecified atom stereocenters. The number of aromatic nitrogens is 1. The number of carbonyl (C=O) groups excluding carboxylic acids is 1. The minimum absolute atomic E-state index is 0.131. The molecule has 2 aromatic carbocycles. The summed E-state index contributed by atoms with van der Waals surface area (Å²) in [5, 5.41) is 13.5. The average Bonchev–Trinajstić information content (AvgIpc) is 3.22. The highest BCUT2D eigenvalue weighted by Gasteiger charge is 2.14. The number of nitrogens with zero attached hydrogens (tertiary/aromatic N) is 2. The number of hydrogen-bond donors (Lipinski definition) is 1. The molecule has 0 atom stereocenters. The molecule has 2 heterocycles. The van der Waals surface area contributed by atoms with Gasteiger partial charge in [-0.15, -0.1) is 11.8 Å². The number of nitrogens with one attached hydrogen (secondary N) is 1. The number of carbonyl (C=O) groups is 1. The molecule has 1 aromatic heterocycles. The van der Waals surface area contributed by atoms with E-state index >= 15 is 0 Å². The van der Waals surface area contributed by atoms with Crippen molar-refractivity contribution in [1.29, 1.82) is 5.26 Å². The summed E-state index contributed by atoms with van der Waals surface area (Å²) in [7, 11) is 0. The molecular weight excluding hydrogens is 422 g/mol. The lowest BCUT2D eigenvalue weighted by atomic mass is 10.1. The summed E-state index contributed by atoms with van der Waals surface area (Å²) in [5.74, 6) is 1.64. The smallest absolute Gasteiger partial charge is 0.231 e. The van der Waals surface area contributed by atoms with Crippen LogP contribution in [0.15, 0.2) is 59.6 Å². The largest absolute Gasteiger partial charge is 0.454 e. The van der Waals surface area contributed by atoms with Crippen LogP contribution in [0.3, 0.4) is 0 Å². The van der Waals surface area contributed by atoms with E-state index in [-0.39, 0.29) is 19.1 Å². The number of fused-ring (bicyclic) bond motifs is 1. The van der Waals surface area contributed by atoms with E-state index in [1.54, 1.807) is 42.5 Å². The second-order valence-electron chi connectivity index (χ2n) is 6.38. The lowest BCUT2D eigenvalue weighted by Gasteiger charge is -2.08. The maximum Gasteiger partial charge on any atom is 0.231 e.